The van der Waals surface area contributed by atoms with E-state index in [0.29, 0.717) is 0 Å². The number of hydrogen-bond donors (Lipinski definition) is 1. The van der Waals surface area contributed by atoms with Crippen LogP contribution in [0, 0.1) is 20.8 Å². The van der Waals surface area contributed by atoms with Gasteiger partial charge in [0.25, 0.3) is 0 Å². The fraction of sp³-hybridized carbons (Fsp3) is 0.294. The molecule has 0 saturated heterocycles. The van der Waals surface area contributed by atoms with E-state index in [9.17, 15) is 0 Å². The molecule has 0 fully saturated rings. The Kier molecular flexibility index (Phi) is 5.05. The zero-order chi connectivity index (χ0) is 14.9. The van der Waals surface area contributed by atoms with Crippen LogP contribution in [-0.2, 0) is 0 Å². The molecule has 0 bridgehead atoms. The van der Waals surface area contributed by atoms with Crippen LogP contribution in [-0.4, -0.2) is 7.05 Å². The normalized spacial score (nSPS) is 12.5. The van der Waals surface area contributed by atoms with Crippen molar-refractivity contribution in [3.63, 3.8) is 0 Å². The van der Waals surface area contributed by atoms with Crippen molar-refractivity contribution in [3.8, 4) is 0 Å². The molecule has 20 heavy (non-hydrogen) atoms. The fourth-order valence-electron chi connectivity index (χ4n) is 2.52. The molecule has 1 nitrogen and oxygen atoms in total. The maximum Gasteiger partial charge on any atom is 0.0580 e. The Morgan fingerprint density at radius 3 is 2.15 bits per heavy atom. The maximum absolute atomic E-state index is 3.61. The summed E-state index contributed by atoms with van der Waals surface area (Å²) in [6, 6.07) is 11.1. The maximum atomic E-state index is 3.61. The molecular weight excluding hydrogens is 378 g/mol. The van der Waals surface area contributed by atoms with Crippen LogP contribution in [0.25, 0.3) is 0 Å². The quantitative estimate of drug-likeness (QED) is 0.727. The first-order valence-corrected chi connectivity index (χ1v) is 8.22. The molecule has 106 valence electrons. The van der Waals surface area contributed by atoms with Crippen molar-refractivity contribution in [2.24, 2.45) is 0 Å². The molecule has 0 aliphatic heterocycles. The number of nitrogens with one attached hydrogen (secondary N) is 1. The predicted octanol–water partition coefficient (Wildman–Crippen LogP) is 5.45. The van der Waals surface area contributed by atoms with Crippen LogP contribution in [0.5, 0.6) is 0 Å². The highest BCUT2D eigenvalue weighted by molar-refractivity contribution is 9.10. The molecule has 2 aromatic rings. The molecule has 1 atom stereocenters. The van der Waals surface area contributed by atoms with Crippen molar-refractivity contribution in [3.05, 3.63) is 67.1 Å². The van der Waals surface area contributed by atoms with Gasteiger partial charge in [0.15, 0.2) is 0 Å². The first-order valence-electron chi connectivity index (χ1n) is 6.64. The van der Waals surface area contributed by atoms with Crippen molar-refractivity contribution in [1.82, 2.24) is 5.32 Å². The molecule has 2 rings (SSSR count). The molecule has 0 heterocycles. The summed E-state index contributed by atoms with van der Waals surface area (Å²) in [5, 5.41) is 3.45. The Labute approximate surface area is 138 Å². The van der Waals surface area contributed by atoms with E-state index in [2.05, 4.69) is 88.3 Å². The van der Waals surface area contributed by atoms with E-state index < -0.39 is 0 Å². The van der Waals surface area contributed by atoms with Crippen LogP contribution >= 0.6 is 31.9 Å². The summed E-state index contributed by atoms with van der Waals surface area (Å²) < 4.78 is 2.28. The zero-order valence-electron chi connectivity index (χ0n) is 12.2. The average molecular weight is 397 g/mol. The number of halogens is 2. The second-order valence-corrected chi connectivity index (χ2v) is 6.95. The van der Waals surface area contributed by atoms with Crippen molar-refractivity contribution in [2.75, 3.05) is 7.05 Å². The van der Waals surface area contributed by atoms with Gasteiger partial charge in [0, 0.05) is 8.95 Å². The molecule has 0 spiro atoms. The first-order chi connectivity index (χ1) is 9.43. The van der Waals surface area contributed by atoms with Gasteiger partial charge in [-0.3, -0.25) is 0 Å². The second kappa shape index (κ2) is 6.42. The van der Waals surface area contributed by atoms with Crippen molar-refractivity contribution >= 4 is 31.9 Å². The highest BCUT2D eigenvalue weighted by Crippen LogP contribution is 2.31. The van der Waals surface area contributed by atoms with Gasteiger partial charge < -0.3 is 5.32 Å². The highest BCUT2D eigenvalue weighted by atomic mass is 79.9. The molecule has 0 aliphatic rings. The van der Waals surface area contributed by atoms with Crippen molar-refractivity contribution < 1.29 is 0 Å². The lowest BCUT2D eigenvalue weighted by molar-refractivity contribution is 0.682. The Bertz CT molecular complexity index is 635. The minimum Gasteiger partial charge on any atom is -0.309 e. The minimum atomic E-state index is 0.208. The molecule has 0 saturated carbocycles. The monoisotopic (exact) mass is 395 g/mol. The number of rotatable bonds is 3. The molecule has 2 aromatic carbocycles. The van der Waals surface area contributed by atoms with E-state index >= 15 is 0 Å². The second-order valence-electron chi connectivity index (χ2n) is 5.18. The molecule has 0 aliphatic carbocycles. The van der Waals surface area contributed by atoms with Crippen LogP contribution < -0.4 is 5.32 Å². The van der Waals surface area contributed by atoms with E-state index in [-0.39, 0.29) is 6.04 Å². The first kappa shape index (κ1) is 15.7. The summed E-state index contributed by atoms with van der Waals surface area (Å²) in [5.74, 6) is 0. The van der Waals surface area contributed by atoms with E-state index in [1.54, 1.807) is 0 Å². The molecule has 0 radical (unpaired) electrons. The third-order valence-electron chi connectivity index (χ3n) is 3.70. The summed E-state index contributed by atoms with van der Waals surface area (Å²) in [6.07, 6.45) is 0. The van der Waals surface area contributed by atoms with Crippen molar-refractivity contribution in [1.29, 1.82) is 0 Å². The van der Waals surface area contributed by atoms with Crippen LogP contribution in [0.3, 0.4) is 0 Å². The van der Waals surface area contributed by atoms with Gasteiger partial charge >= 0.3 is 0 Å². The summed E-state index contributed by atoms with van der Waals surface area (Å²) in [4.78, 5) is 0. The van der Waals surface area contributed by atoms with E-state index in [1.165, 1.54) is 32.3 Å². The molecule has 1 unspecified atom stereocenters. The third-order valence-corrected chi connectivity index (χ3v) is 5.05. The van der Waals surface area contributed by atoms with Crippen LogP contribution in [0.1, 0.15) is 33.9 Å². The Morgan fingerprint density at radius 2 is 1.50 bits per heavy atom. The number of hydrogen-bond acceptors (Lipinski definition) is 1. The summed E-state index contributed by atoms with van der Waals surface area (Å²) in [5.41, 5.74) is 6.49. The average Bonchev–Trinajstić information content (AvgIpc) is 2.40. The van der Waals surface area contributed by atoms with Gasteiger partial charge in [-0.05, 0) is 73.8 Å². The molecular formula is C17H19Br2N. The topological polar surface area (TPSA) is 12.0 Å². The largest absolute Gasteiger partial charge is 0.309 e. The Hall–Kier alpha value is -0.640. The highest BCUT2D eigenvalue weighted by Gasteiger charge is 2.17. The number of benzene rings is 2. The Balaban J connectivity index is 2.58. The lowest BCUT2D eigenvalue weighted by Crippen LogP contribution is -2.20. The Morgan fingerprint density at radius 1 is 0.850 bits per heavy atom. The standard InChI is InChI=1S/C17H19Br2N/c1-10-5-6-13(18)9-15(10)17(20-4)14-7-12(3)16(19)8-11(14)2/h5-9,17,20H,1-4H3. The lowest BCUT2D eigenvalue weighted by Gasteiger charge is -2.22. The number of aryl methyl sites for hydroxylation is 3. The van der Waals surface area contributed by atoms with E-state index in [1.807, 2.05) is 7.05 Å². The van der Waals surface area contributed by atoms with Crippen LogP contribution in [0.4, 0.5) is 0 Å². The van der Waals surface area contributed by atoms with Crippen LogP contribution in [0.2, 0.25) is 0 Å². The van der Waals surface area contributed by atoms with Gasteiger partial charge in [-0.1, -0.05) is 44.0 Å². The van der Waals surface area contributed by atoms with Crippen molar-refractivity contribution in [2.45, 2.75) is 26.8 Å². The smallest absolute Gasteiger partial charge is 0.0580 e. The fourth-order valence-corrected chi connectivity index (χ4v) is 3.35. The third kappa shape index (κ3) is 3.16. The van der Waals surface area contributed by atoms with Gasteiger partial charge in [0.1, 0.15) is 0 Å². The zero-order valence-corrected chi connectivity index (χ0v) is 15.4. The summed E-state index contributed by atoms with van der Waals surface area (Å²) in [7, 11) is 2.02. The molecule has 1 N–H and O–H groups in total. The van der Waals surface area contributed by atoms with Crippen LogP contribution in [0.15, 0.2) is 39.3 Å². The van der Waals surface area contributed by atoms with Gasteiger partial charge in [-0.2, -0.15) is 0 Å². The SMILES string of the molecule is CNC(c1cc(Br)ccc1C)c1cc(C)c(Br)cc1C. The van der Waals surface area contributed by atoms with E-state index in [4.69, 9.17) is 0 Å². The minimum absolute atomic E-state index is 0.208. The predicted molar refractivity (Wildman–Crippen MR) is 93.4 cm³/mol. The van der Waals surface area contributed by atoms with Gasteiger partial charge in [0.05, 0.1) is 6.04 Å². The van der Waals surface area contributed by atoms with Gasteiger partial charge in [-0.25, -0.2) is 0 Å². The van der Waals surface area contributed by atoms with Gasteiger partial charge in [0.2, 0.25) is 0 Å². The lowest BCUT2D eigenvalue weighted by atomic mass is 9.91. The molecule has 0 amide bonds. The molecule has 3 heteroatoms. The molecule has 0 aromatic heterocycles. The van der Waals surface area contributed by atoms with Gasteiger partial charge in [-0.15, -0.1) is 0 Å². The summed E-state index contributed by atoms with van der Waals surface area (Å²) in [6.45, 7) is 6.46. The van der Waals surface area contributed by atoms with E-state index in [0.717, 1.165) is 4.47 Å². The summed E-state index contributed by atoms with van der Waals surface area (Å²) >= 11 is 7.18.